The quantitative estimate of drug-likeness (QED) is 0.572. The van der Waals surface area contributed by atoms with Crippen LogP contribution >= 0.6 is 0 Å². The second-order valence-electron chi connectivity index (χ2n) is 5.70. The maximum Gasteiger partial charge on any atom is 1.00 e. The van der Waals surface area contributed by atoms with Crippen molar-refractivity contribution < 1.29 is 40.9 Å². The molecule has 2 heterocycles. The maximum atomic E-state index is 11.4. The van der Waals surface area contributed by atoms with Crippen molar-refractivity contribution in [2.45, 2.75) is 0 Å². The van der Waals surface area contributed by atoms with Crippen molar-refractivity contribution in [3.8, 4) is 22.4 Å². The zero-order valence-electron chi connectivity index (χ0n) is 15.3. The van der Waals surface area contributed by atoms with Crippen LogP contribution in [0.25, 0.3) is 33.3 Å². The van der Waals surface area contributed by atoms with Gasteiger partial charge in [0.2, 0.25) is 0 Å². The first kappa shape index (κ1) is 18.3. The van der Waals surface area contributed by atoms with Gasteiger partial charge < -0.3 is 6.53 Å². The van der Waals surface area contributed by atoms with Crippen molar-refractivity contribution in [3.63, 3.8) is 0 Å². The number of carboxylic acids is 1. The molecule has 5 heteroatoms. The van der Waals surface area contributed by atoms with Gasteiger partial charge in [0.15, 0.2) is 0 Å². The summed E-state index contributed by atoms with van der Waals surface area (Å²) in [5.41, 5.74) is 4.53. The Kier molecular flexibility index (Phi) is 5.47. The molecule has 0 aliphatic heterocycles. The van der Waals surface area contributed by atoms with Gasteiger partial charge in [-0.05, 0) is 29.3 Å². The van der Waals surface area contributed by atoms with Gasteiger partial charge in [-0.25, -0.2) is 9.78 Å². The molecule has 2 aromatic carbocycles. The molecule has 0 spiro atoms. The largest absolute Gasteiger partial charge is 1.00 e. The molecule has 1 N–H and O–H groups in total. The molecular formula is C21H15N2NaO2. The average Bonchev–Trinajstić information content (AvgIpc) is 2.68. The van der Waals surface area contributed by atoms with Gasteiger partial charge in [0.05, 0.1) is 16.8 Å². The van der Waals surface area contributed by atoms with E-state index in [-0.39, 0.29) is 36.5 Å². The van der Waals surface area contributed by atoms with Crippen LogP contribution in [0.2, 0.25) is 0 Å². The third-order valence-electron chi connectivity index (χ3n) is 4.13. The van der Waals surface area contributed by atoms with E-state index in [1.807, 2.05) is 60.8 Å². The number of nitrogens with zero attached hydrogens (tertiary/aromatic N) is 2. The number of carbonyl (C=O) groups is 1. The summed E-state index contributed by atoms with van der Waals surface area (Å²) in [4.78, 5) is 20.1. The van der Waals surface area contributed by atoms with Crippen LogP contribution < -0.4 is 29.6 Å². The Morgan fingerprint density at radius 1 is 0.846 bits per heavy atom. The van der Waals surface area contributed by atoms with Gasteiger partial charge in [-0.15, -0.1) is 0 Å². The number of hydrogen-bond acceptors (Lipinski definition) is 3. The maximum absolute atomic E-state index is 11.4. The molecule has 4 aromatic rings. The molecule has 0 bridgehead atoms. The number of aromatic nitrogens is 2. The van der Waals surface area contributed by atoms with Gasteiger partial charge in [0.25, 0.3) is 0 Å². The molecule has 0 amide bonds. The Balaban J connectivity index is 0.00000131. The second kappa shape index (κ2) is 7.79. The Labute approximate surface area is 174 Å². The minimum Gasteiger partial charge on any atom is -1.00 e. The van der Waals surface area contributed by atoms with Crippen LogP contribution in [-0.2, 0) is 0 Å². The van der Waals surface area contributed by atoms with Gasteiger partial charge in [0, 0.05) is 23.3 Å². The zero-order valence-corrected chi connectivity index (χ0v) is 16.3. The smallest absolute Gasteiger partial charge is 1.00 e. The van der Waals surface area contributed by atoms with Crippen molar-refractivity contribution in [3.05, 3.63) is 84.7 Å². The molecule has 4 rings (SSSR count). The molecule has 4 nitrogen and oxygen atoms in total. The average molecular weight is 350 g/mol. The van der Waals surface area contributed by atoms with E-state index in [1.165, 1.54) is 0 Å². The minimum absolute atomic E-state index is 0. The Morgan fingerprint density at radius 2 is 1.62 bits per heavy atom. The molecule has 0 unspecified atom stereocenters. The molecule has 0 atom stereocenters. The van der Waals surface area contributed by atoms with Crippen molar-refractivity contribution in [2.75, 3.05) is 0 Å². The van der Waals surface area contributed by atoms with Crippen LogP contribution in [-0.4, -0.2) is 21.0 Å². The molecule has 2 aromatic heterocycles. The summed E-state index contributed by atoms with van der Waals surface area (Å²) in [7, 11) is 0. The van der Waals surface area contributed by atoms with Crippen molar-refractivity contribution in [1.82, 2.24) is 9.97 Å². The Bertz CT molecular complexity index is 1070. The summed E-state index contributed by atoms with van der Waals surface area (Å²) in [5.74, 6) is -0.970. The normalized spacial score (nSPS) is 10.3. The molecule has 0 fully saturated rings. The van der Waals surface area contributed by atoms with E-state index in [0.29, 0.717) is 5.52 Å². The second-order valence-corrected chi connectivity index (χ2v) is 5.70. The van der Waals surface area contributed by atoms with Crippen molar-refractivity contribution >= 4 is 16.9 Å². The fourth-order valence-electron chi connectivity index (χ4n) is 2.85. The van der Waals surface area contributed by atoms with Crippen LogP contribution in [0.5, 0.6) is 0 Å². The van der Waals surface area contributed by atoms with Gasteiger partial charge >= 0.3 is 35.5 Å². The first-order valence-corrected chi connectivity index (χ1v) is 7.86. The Hall–Kier alpha value is -2.53. The van der Waals surface area contributed by atoms with Crippen molar-refractivity contribution in [2.24, 2.45) is 0 Å². The predicted molar refractivity (Wildman–Crippen MR) is 98.5 cm³/mol. The molecule has 122 valence electrons. The number of fused-ring (bicyclic) bond motifs is 1. The molecule has 26 heavy (non-hydrogen) atoms. The van der Waals surface area contributed by atoms with E-state index in [0.717, 1.165) is 27.8 Å². The van der Waals surface area contributed by atoms with E-state index in [2.05, 4.69) is 9.97 Å². The molecule has 0 saturated carbocycles. The van der Waals surface area contributed by atoms with Crippen LogP contribution in [0.1, 0.15) is 11.8 Å². The van der Waals surface area contributed by atoms with Gasteiger partial charge in [-0.3, -0.25) is 4.98 Å². The van der Waals surface area contributed by atoms with Gasteiger partial charge in [0.1, 0.15) is 0 Å². The number of para-hydroxylation sites is 1. The number of rotatable bonds is 3. The summed E-state index contributed by atoms with van der Waals surface area (Å²) in [6.45, 7) is 0. The fraction of sp³-hybridized carbons (Fsp3) is 0. The Morgan fingerprint density at radius 3 is 2.31 bits per heavy atom. The molecule has 0 radical (unpaired) electrons. The van der Waals surface area contributed by atoms with E-state index < -0.39 is 5.97 Å². The van der Waals surface area contributed by atoms with Crippen molar-refractivity contribution in [1.29, 1.82) is 0 Å². The van der Waals surface area contributed by atoms with Crippen LogP contribution in [0.3, 0.4) is 0 Å². The SMILES string of the molecule is O=C(O)c1cccc2ccc(-c3ccc(-c4cccnc4)cc3)nc12.[H-].[Na+]. The third-order valence-corrected chi connectivity index (χ3v) is 4.13. The number of hydrogen-bond donors (Lipinski definition) is 1. The van der Waals surface area contributed by atoms with E-state index in [9.17, 15) is 9.90 Å². The number of carboxylic acid groups (broad SMARTS) is 1. The molecular weight excluding hydrogens is 335 g/mol. The van der Waals surface area contributed by atoms with Crippen LogP contribution in [0, 0.1) is 0 Å². The van der Waals surface area contributed by atoms with E-state index >= 15 is 0 Å². The first-order valence-electron chi connectivity index (χ1n) is 7.86. The molecule has 0 aliphatic carbocycles. The van der Waals surface area contributed by atoms with Gasteiger partial charge in [-0.2, -0.15) is 0 Å². The van der Waals surface area contributed by atoms with E-state index in [1.54, 1.807) is 18.3 Å². The first-order chi connectivity index (χ1) is 12.2. The summed E-state index contributed by atoms with van der Waals surface area (Å²) in [5, 5.41) is 10.2. The zero-order chi connectivity index (χ0) is 17.2. The summed E-state index contributed by atoms with van der Waals surface area (Å²) in [6, 6.07) is 20.9. The predicted octanol–water partition coefficient (Wildman–Crippen LogP) is 1.78. The minimum atomic E-state index is -0.970. The van der Waals surface area contributed by atoms with E-state index in [4.69, 9.17) is 0 Å². The summed E-state index contributed by atoms with van der Waals surface area (Å²) < 4.78 is 0. The summed E-state index contributed by atoms with van der Waals surface area (Å²) >= 11 is 0. The summed E-state index contributed by atoms with van der Waals surface area (Å²) in [6.07, 6.45) is 3.57. The number of aromatic carboxylic acids is 1. The topological polar surface area (TPSA) is 63.1 Å². The molecule has 0 saturated heterocycles. The third kappa shape index (κ3) is 3.53. The standard InChI is InChI=1S/C21H14N2O2.Na.H/c24-21(25)18-5-1-3-16-10-11-19(23-20(16)18)15-8-6-14(7-9-15)17-4-2-12-22-13-17;;/h1-13H,(H,24,25);;/q;+1;-1. The van der Waals surface area contributed by atoms with Crippen LogP contribution in [0.4, 0.5) is 0 Å². The van der Waals surface area contributed by atoms with Gasteiger partial charge in [-0.1, -0.05) is 48.5 Å². The van der Waals surface area contributed by atoms with Crippen LogP contribution in [0.15, 0.2) is 79.1 Å². The monoisotopic (exact) mass is 350 g/mol. The number of pyridine rings is 2. The fourth-order valence-corrected chi connectivity index (χ4v) is 2.85. The number of benzene rings is 2. The molecule has 0 aliphatic rings.